The number of rotatable bonds is 8. The van der Waals surface area contributed by atoms with Gasteiger partial charge < -0.3 is 20.3 Å². The van der Waals surface area contributed by atoms with Gasteiger partial charge in [0.05, 0.1) is 6.54 Å². The average molecular weight is 399 g/mol. The summed E-state index contributed by atoms with van der Waals surface area (Å²) in [5, 5.41) is 30.0. The number of amides is 1. The lowest BCUT2D eigenvalue weighted by molar-refractivity contribution is -0.674. The number of carbonyl (C=O) groups is 1. The minimum atomic E-state index is -2.06. The lowest BCUT2D eigenvalue weighted by atomic mass is 9.87. The van der Waals surface area contributed by atoms with Crippen LogP contribution in [0.4, 0.5) is 4.79 Å². The van der Waals surface area contributed by atoms with E-state index in [1.807, 2.05) is 0 Å². The summed E-state index contributed by atoms with van der Waals surface area (Å²) in [6.07, 6.45) is 5.11. The first-order valence-corrected chi connectivity index (χ1v) is 10.0. The Balaban J connectivity index is 1.58. The summed E-state index contributed by atoms with van der Waals surface area (Å²) in [7, 11) is 0. The summed E-state index contributed by atoms with van der Waals surface area (Å²) < 4.78 is 6.98. The monoisotopic (exact) mass is 399 g/mol. The summed E-state index contributed by atoms with van der Waals surface area (Å²) in [6, 6.07) is -1.07. The Morgan fingerprint density at radius 2 is 2.11 bits per heavy atom. The SMILES string of the molecule is CCCCCCCNC(=O)OC[C@@H]1NC(N)=[N+]2CCC(O)(O)[C@@]23NC(N)=[NH+][C@@H]13. The molecule has 3 atom stereocenters. The summed E-state index contributed by atoms with van der Waals surface area (Å²) in [4.78, 5) is 15.0. The van der Waals surface area contributed by atoms with Crippen molar-refractivity contribution < 1.29 is 29.3 Å². The van der Waals surface area contributed by atoms with Crippen molar-refractivity contribution in [1.29, 1.82) is 0 Å². The molecule has 3 heterocycles. The summed E-state index contributed by atoms with van der Waals surface area (Å²) >= 11 is 0. The molecule has 1 fully saturated rings. The van der Waals surface area contributed by atoms with Crippen LogP contribution in [0.3, 0.4) is 0 Å². The number of aliphatic hydroxyl groups is 2. The number of hydrogen-bond acceptors (Lipinski definition) is 8. The molecule has 3 rings (SSSR count). The van der Waals surface area contributed by atoms with Crippen LogP contribution < -0.4 is 32.4 Å². The first kappa shape index (κ1) is 20.5. The van der Waals surface area contributed by atoms with Crippen molar-refractivity contribution in [3.63, 3.8) is 0 Å². The molecule has 0 bridgehead atoms. The second kappa shape index (κ2) is 8.00. The molecule has 0 aliphatic carbocycles. The van der Waals surface area contributed by atoms with Crippen LogP contribution in [0, 0.1) is 0 Å². The van der Waals surface area contributed by atoms with E-state index >= 15 is 0 Å². The van der Waals surface area contributed by atoms with Crippen LogP contribution in [0.5, 0.6) is 0 Å². The molecule has 0 radical (unpaired) electrons. The van der Waals surface area contributed by atoms with Gasteiger partial charge in [0.1, 0.15) is 12.6 Å². The van der Waals surface area contributed by atoms with Gasteiger partial charge in [-0.15, -0.1) is 0 Å². The number of ether oxygens (including phenoxy) is 1. The number of unbranched alkanes of at least 4 members (excludes halogenated alkanes) is 4. The lowest BCUT2D eigenvalue weighted by Gasteiger charge is -2.40. The smallest absolute Gasteiger partial charge is 0.407 e. The molecular formula is C17H33N7O4+2. The van der Waals surface area contributed by atoms with Crippen molar-refractivity contribution in [2.24, 2.45) is 11.5 Å². The zero-order valence-electron chi connectivity index (χ0n) is 16.3. The molecule has 3 aliphatic rings. The van der Waals surface area contributed by atoms with Gasteiger partial charge in [0.2, 0.25) is 5.79 Å². The number of nitrogens with zero attached hydrogens (tertiary/aromatic N) is 1. The third-order valence-corrected chi connectivity index (χ3v) is 5.78. The number of hydrogen-bond donors (Lipinski definition) is 8. The van der Waals surface area contributed by atoms with E-state index < -0.39 is 29.6 Å². The first-order chi connectivity index (χ1) is 13.3. The van der Waals surface area contributed by atoms with Crippen LogP contribution >= 0.6 is 0 Å². The Bertz CT molecular complexity index is 666. The standard InChI is InChI=1S/C17H31N7O4/c1-2-3-4-5-6-8-20-15(25)28-10-11-12-17(23-13(18)22-12)16(26,27)7-9-24(17)14(19)21-11/h11-12,26-27H,2-10H2,1H3,(H6,18,19,20,21,22,23,25)/p+2/t11-,12-,17-/m0/s1. The van der Waals surface area contributed by atoms with E-state index in [9.17, 15) is 15.0 Å². The Labute approximate surface area is 164 Å². The number of carbonyl (C=O) groups excluding carboxylic acids is 1. The molecule has 11 heteroatoms. The quantitative estimate of drug-likeness (QED) is 0.116. The van der Waals surface area contributed by atoms with E-state index in [4.69, 9.17) is 16.2 Å². The molecular weight excluding hydrogens is 366 g/mol. The fraction of sp³-hybridized carbons (Fsp3) is 0.824. The number of guanidine groups is 2. The molecule has 0 unspecified atom stereocenters. The van der Waals surface area contributed by atoms with Gasteiger partial charge in [-0.3, -0.25) is 21.8 Å². The average Bonchev–Trinajstić information content (AvgIpc) is 3.13. The molecule has 158 valence electrons. The number of nitrogens with one attached hydrogen (secondary N) is 4. The molecule has 3 aliphatic heterocycles. The van der Waals surface area contributed by atoms with Crippen LogP contribution in [0.25, 0.3) is 0 Å². The largest absolute Gasteiger partial charge is 0.446 e. The van der Waals surface area contributed by atoms with Crippen molar-refractivity contribution in [3.05, 3.63) is 0 Å². The van der Waals surface area contributed by atoms with E-state index in [-0.39, 0.29) is 24.9 Å². The third kappa shape index (κ3) is 3.55. The highest BCUT2D eigenvalue weighted by Crippen LogP contribution is 2.36. The minimum absolute atomic E-state index is 0.0132. The van der Waals surface area contributed by atoms with Gasteiger partial charge in [0, 0.05) is 13.0 Å². The fourth-order valence-corrected chi connectivity index (χ4v) is 4.35. The summed E-state index contributed by atoms with van der Waals surface area (Å²) in [5.41, 5.74) is 10.7. The summed E-state index contributed by atoms with van der Waals surface area (Å²) in [5.74, 6) is -1.57. The molecule has 1 saturated heterocycles. The maximum atomic E-state index is 12.0. The second-order valence-electron chi connectivity index (χ2n) is 7.72. The lowest BCUT2D eigenvalue weighted by Crippen LogP contribution is -2.91. The highest BCUT2D eigenvalue weighted by Gasteiger charge is 2.74. The van der Waals surface area contributed by atoms with Crippen molar-refractivity contribution >= 4 is 18.0 Å². The number of alkyl carbamates (subject to hydrolysis) is 1. The van der Waals surface area contributed by atoms with Crippen molar-refractivity contribution in [2.75, 3.05) is 19.7 Å². The Hall–Kier alpha value is -2.27. The van der Waals surface area contributed by atoms with Gasteiger partial charge >= 0.3 is 18.0 Å². The van der Waals surface area contributed by atoms with Crippen LogP contribution in [-0.2, 0) is 4.74 Å². The Morgan fingerprint density at radius 3 is 2.86 bits per heavy atom. The normalized spacial score (nSPS) is 30.0. The van der Waals surface area contributed by atoms with E-state index in [0.717, 1.165) is 19.3 Å². The van der Waals surface area contributed by atoms with E-state index in [2.05, 4.69) is 27.9 Å². The predicted molar refractivity (Wildman–Crippen MR) is 101 cm³/mol. The van der Waals surface area contributed by atoms with Crippen LogP contribution in [-0.4, -0.2) is 76.0 Å². The van der Waals surface area contributed by atoms with E-state index in [0.29, 0.717) is 13.1 Å². The first-order valence-electron chi connectivity index (χ1n) is 10.0. The molecule has 10 N–H and O–H groups in total. The maximum Gasteiger partial charge on any atom is 0.407 e. The van der Waals surface area contributed by atoms with Crippen molar-refractivity contribution in [3.8, 4) is 0 Å². The van der Waals surface area contributed by atoms with Gasteiger partial charge in [0.25, 0.3) is 5.66 Å². The molecule has 1 amide bonds. The molecule has 0 aromatic heterocycles. The van der Waals surface area contributed by atoms with Gasteiger partial charge in [-0.2, -0.15) is 0 Å². The van der Waals surface area contributed by atoms with Crippen molar-refractivity contribution in [1.82, 2.24) is 16.0 Å². The highest BCUT2D eigenvalue weighted by atomic mass is 16.5. The van der Waals surface area contributed by atoms with Crippen LogP contribution in [0.1, 0.15) is 45.4 Å². The van der Waals surface area contributed by atoms with E-state index in [1.54, 1.807) is 4.58 Å². The second-order valence-corrected chi connectivity index (χ2v) is 7.72. The van der Waals surface area contributed by atoms with Crippen molar-refractivity contribution in [2.45, 2.75) is 69.0 Å². The van der Waals surface area contributed by atoms with Gasteiger partial charge in [-0.05, 0) is 6.42 Å². The topological polar surface area (TPSA) is 172 Å². The molecule has 1 spiro atoms. The molecule has 0 aromatic rings. The van der Waals surface area contributed by atoms with Gasteiger partial charge in [0.15, 0.2) is 6.04 Å². The molecule has 0 aromatic carbocycles. The molecule has 0 saturated carbocycles. The van der Waals surface area contributed by atoms with Gasteiger partial charge in [-0.25, -0.2) is 14.7 Å². The molecule has 11 nitrogen and oxygen atoms in total. The third-order valence-electron chi connectivity index (χ3n) is 5.78. The zero-order chi connectivity index (χ0) is 20.4. The maximum absolute atomic E-state index is 12.0. The molecule has 28 heavy (non-hydrogen) atoms. The fourth-order valence-electron chi connectivity index (χ4n) is 4.35. The zero-order valence-corrected chi connectivity index (χ0v) is 16.3. The van der Waals surface area contributed by atoms with Crippen LogP contribution in [0.15, 0.2) is 0 Å². The summed E-state index contributed by atoms with van der Waals surface area (Å²) in [6.45, 7) is 3.05. The van der Waals surface area contributed by atoms with Crippen LogP contribution in [0.2, 0.25) is 0 Å². The number of nitrogens with two attached hydrogens (primary N) is 2. The van der Waals surface area contributed by atoms with Gasteiger partial charge in [-0.1, -0.05) is 32.6 Å². The minimum Gasteiger partial charge on any atom is -0.446 e. The predicted octanol–water partition coefficient (Wildman–Crippen LogP) is -3.87. The Kier molecular flexibility index (Phi) is 5.84. The highest BCUT2D eigenvalue weighted by molar-refractivity contribution is 5.78. The van der Waals surface area contributed by atoms with E-state index in [1.165, 1.54) is 12.8 Å². The Morgan fingerprint density at radius 1 is 1.36 bits per heavy atom.